The molecule has 2 aromatic heterocycles. The highest BCUT2D eigenvalue weighted by Gasteiger charge is 2.38. The van der Waals surface area contributed by atoms with E-state index in [4.69, 9.17) is 9.47 Å². The molecule has 1 N–H and O–H groups in total. The predicted octanol–water partition coefficient (Wildman–Crippen LogP) is 2.38. The average Bonchev–Trinajstić information content (AvgIpc) is 3.15. The average molecular weight is 531 g/mol. The van der Waals surface area contributed by atoms with Crippen LogP contribution in [0.3, 0.4) is 0 Å². The van der Waals surface area contributed by atoms with Crippen molar-refractivity contribution in [1.29, 1.82) is 0 Å². The topological polar surface area (TPSA) is 126 Å². The number of nitrogens with zero attached hydrogens (tertiary/aromatic N) is 4. The number of aromatic nitrogens is 4. The zero-order valence-corrected chi connectivity index (χ0v) is 20.3. The molecule has 0 bridgehead atoms. The van der Waals surface area contributed by atoms with Crippen molar-refractivity contribution >= 4 is 20.6 Å². The third-order valence-corrected chi connectivity index (χ3v) is 7.68. The zero-order valence-electron chi connectivity index (χ0n) is 19.5. The molecular formula is C22H25F3N4O6S. The van der Waals surface area contributed by atoms with E-state index >= 15 is 0 Å². The Balaban J connectivity index is 1.84. The molecule has 0 unspecified atom stereocenters. The van der Waals surface area contributed by atoms with Crippen LogP contribution in [-0.4, -0.2) is 62.7 Å². The molecule has 0 amide bonds. The smallest absolute Gasteiger partial charge is 0.425 e. The highest BCUT2D eigenvalue weighted by atomic mass is 32.2. The molecule has 4 rings (SSSR count). The van der Waals surface area contributed by atoms with E-state index in [0.29, 0.717) is 5.39 Å². The number of halogens is 3. The quantitative estimate of drug-likeness (QED) is 0.494. The van der Waals surface area contributed by atoms with Crippen LogP contribution in [0, 0.1) is 0 Å². The van der Waals surface area contributed by atoms with E-state index in [2.05, 4.69) is 10.1 Å². The molecule has 1 atom stereocenters. The lowest BCUT2D eigenvalue weighted by Crippen LogP contribution is -2.32. The summed E-state index contributed by atoms with van der Waals surface area (Å²) in [6, 6.07) is 4.28. The summed E-state index contributed by atoms with van der Waals surface area (Å²) in [6.07, 6.45) is -5.52. The number of sulfone groups is 1. The molecule has 0 spiro atoms. The SMILES string of the molecule is CCn1c(CO)nn(-c2cc(O[C@@H](C)C(F)(F)F)c3c(OC4CCS(=O)(=O)CC4)nccc3c2)c1=O. The Bertz CT molecular complexity index is 1420. The van der Waals surface area contributed by atoms with E-state index in [1.165, 1.54) is 29.0 Å². The van der Waals surface area contributed by atoms with Gasteiger partial charge in [-0.25, -0.2) is 18.2 Å². The van der Waals surface area contributed by atoms with Crippen LogP contribution in [0.5, 0.6) is 11.6 Å². The molecule has 0 saturated carbocycles. The summed E-state index contributed by atoms with van der Waals surface area (Å²) in [6.45, 7) is 2.27. The molecule has 0 aliphatic carbocycles. The van der Waals surface area contributed by atoms with Crippen LogP contribution < -0.4 is 15.2 Å². The minimum Gasteiger partial charge on any atom is -0.480 e. The summed E-state index contributed by atoms with van der Waals surface area (Å²) in [7, 11) is -3.15. The monoisotopic (exact) mass is 530 g/mol. The first kappa shape index (κ1) is 25.9. The molecular weight excluding hydrogens is 505 g/mol. The molecule has 3 heterocycles. The summed E-state index contributed by atoms with van der Waals surface area (Å²) >= 11 is 0. The van der Waals surface area contributed by atoms with Crippen LogP contribution in [-0.2, 0) is 23.0 Å². The molecule has 1 aliphatic rings. The minimum atomic E-state index is -4.67. The second-order valence-corrected chi connectivity index (χ2v) is 10.7. The molecule has 1 fully saturated rings. The lowest BCUT2D eigenvalue weighted by Gasteiger charge is -2.24. The minimum absolute atomic E-state index is 0.00444. The van der Waals surface area contributed by atoms with Gasteiger partial charge < -0.3 is 14.6 Å². The lowest BCUT2D eigenvalue weighted by atomic mass is 10.1. The maximum Gasteiger partial charge on any atom is 0.425 e. The highest BCUT2D eigenvalue weighted by molar-refractivity contribution is 7.91. The molecule has 1 saturated heterocycles. The second kappa shape index (κ2) is 9.73. The number of benzene rings is 1. The van der Waals surface area contributed by atoms with E-state index in [0.717, 1.165) is 11.6 Å². The van der Waals surface area contributed by atoms with Crippen molar-refractivity contribution in [2.24, 2.45) is 0 Å². The van der Waals surface area contributed by atoms with Crippen molar-refractivity contribution in [3.05, 3.63) is 40.7 Å². The van der Waals surface area contributed by atoms with Crippen LogP contribution in [0.25, 0.3) is 16.5 Å². The second-order valence-electron chi connectivity index (χ2n) is 8.44. The van der Waals surface area contributed by atoms with Crippen molar-refractivity contribution in [3.8, 4) is 17.3 Å². The van der Waals surface area contributed by atoms with Gasteiger partial charge in [0.05, 0.1) is 22.6 Å². The van der Waals surface area contributed by atoms with Gasteiger partial charge in [-0.15, -0.1) is 5.10 Å². The van der Waals surface area contributed by atoms with E-state index in [1.54, 1.807) is 6.92 Å². The Morgan fingerprint density at radius 2 is 1.94 bits per heavy atom. The molecule has 0 radical (unpaired) electrons. The molecule has 36 heavy (non-hydrogen) atoms. The van der Waals surface area contributed by atoms with E-state index < -0.39 is 40.5 Å². The van der Waals surface area contributed by atoms with E-state index in [1.807, 2.05) is 0 Å². The Hall–Kier alpha value is -3.13. The Kier molecular flexibility index (Phi) is 7.01. The summed E-state index contributed by atoms with van der Waals surface area (Å²) in [5.41, 5.74) is -0.454. The number of pyridine rings is 1. The summed E-state index contributed by atoms with van der Waals surface area (Å²) in [4.78, 5) is 17.0. The third kappa shape index (κ3) is 5.19. The predicted molar refractivity (Wildman–Crippen MR) is 123 cm³/mol. The fourth-order valence-electron chi connectivity index (χ4n) is 3.98. The first-order valence-electron chi connectivity index (χ1n) is 11.3. The van der Waals surface area contributed by atoms with Gasteiger partial charge in [0.1, 0.15) is 18.5 Å². The number of alkyl halides is 3. The number of fused-ring (bicyclic) bond motifs is 1. The number of ether oxygens (including phenoxy) is 2. The number of aliphatic hydroxyl groups excluding tert-OH is 1. The summed E-state index contributed by atoms with van der Waals surface area (Å²) < 4.78 is 77.1. The number of rotatable bonds is 7. The maximum atomic E-state index is 13.4. The summed E-state index contributed by atoms with van der Waals surface area (Å²) in [5, 5.41) is 14.2. The fraction of sp³-hybridized carbons (Fsp3) is 0.500. The molecule has 1 aromatic carbocycles. The largest absolute Gasteiger partial charge is 0.480 e. The van der Waals surface area contributed by atoms with Gasteiger partial charge in [0.15, 0.2) is 21.8 Å². The van der Waals surface area contributed by atoms with Crippen molar-refractivity contribution in [3.63, 3.8) is 0 Å². The van der Waals surface area contributed by atoms with E-state index in [9.17, 15) is 31.5 Å². The standard InChI is InChI=1S/C22H25F3N4O6S/c1-3-28-18(12-30)27-29(21(28)31)15-10-14-4-7-26-20(35-16-5-8-36(32,33)9-6-16)19(14)17(11-15)34-13(2)22(23,24)25/h4,7,10-11,13,16,30H,3,5-6,8-9,12H2,1-2H3/t13-/m0/s1. The first-order chi connectivity index (χ1) is 16.9. The molecule has 10 nitrogen and oxygen atoms in total. The molecule has 196 valence electrons. The molecule has 3 aromatic rings. The Morgan fingerprint density at radius 1 is 1.25 bits per heavy atom. The number of hydrogen-bond acceptors (Lipinski definition) is 8. The number of aliphatic hydroxyl groups is 1. The van der Waals surface area contributed by atoms with Gasteiger partial charge in [0.2, 0.25) is 5.88 Å². The zero-order chi connectivity index (χ0) is 26.3. The lowest BCUT2D eigenvalue weighted by molar-refractivity contribution is -0.189. The third-order valence-electron chi connectivity index (χ3n) is 5.96. The molecule has 1 aliphatic heterocycles. The normalized spacial score (nSPS) is 17.3. The van der Waals surface area contributed by atoms with Crippen LogP contribution in [0.2, 0.25) is 0 Å². The first-order valence-corrected chi connectivity index (χ1v) is 13.1. The van der Waals surface area contributed by atoms with Crippen LogP contribution in [0.4, 0.5) is 13.2 Å². The van der Waals surface area contributed by atoms with Gasteiger partial charge in [-0.3, -0.25) is 4.57 Å². The van der Waals surface area contributed by atoms with Crippen molar-refractivity contribution in [1.82, 2.24) is 19.3 Å². The van der Waals surface area contributed by atoms with Crippen molar-refractivity contribution in [2.45, 2.75) is 58.2 Å². The maximum absolute atomic E-state index is 13.4. The van der Waals surface area contributed by atoms with Gasteiger partial charge in [0.25, 0.3) is 0 Å². The fourth-order valence-corrected chi connectivity index (χ4v) is 5.43. The highest BCUT2D eigenvalue weighted by Crippen LogP contribution is 2.38. The van der Waals surface area contributed by atoms with Gasteiger partial charge in [-0.2, -0.15) is 17.9 Å². The van der Waals surface area contributed by atoms with Crippen molar-refractivity contribution in [2.75, 3.05) is 11.5 Å². The van der Waals surface area contributed by atoms with Gasteiger partial charge in [-0.1, -0.05) is 0 Å². The van der Waals surface area contributed by atoms with E-state index in [-0.39, 0.29) is 59.4 Å². The van der Waals surface area contributed by atoms with Crippen LogP contribution in [0.15, 0.2) is 29.2 Å². The number of hydrogen-bond donors (Lipinski definition) is 1. The van der Waals surface area contributed by atoms with Crippen molar-refractivity contribution < 1.29 is 36.2 Å². The summed E-state index contributed by atoms with van der Waals surface area (Å²) in [5.74, 6) is -0.258. The Labute approximate surface area is 204 Å². The van der Waals surface area contributed by atoms with Gasteiger partial charge in [0, 0.05) is 18.8 Å². The van der Waals surface area contributed by atoms with Gasteiger partial charge >= 0.3 is 11.9 Å². The van der Waals surface area contributed by atoms with Crippen LogP contribution >= 0.6 is 0 Å². The Morgan fingerprint density at radius 3 is 2.53 bits per heavy atom. The molecule has 14 heteroatoms. The van der Waals surface area contributed by atoms with Gasteiger partial charge in [-0.05, 0) is 44.2 Å². The van der Waals surface area contributed by atoms with Crippen LogP contribution in [0.1, 0.15) is 32.5 Å².